The van der Waals surface area contributed by atoms with E-state index in [9.17, 15) is 4.79 Å². The molecular formula is C19H23NO3S. The second-order valence-corrected chi connectivity index (χ2v) is 7.06. The quantitative estimate of drug-likeness (QED) is 0.580. The van der Waals surface area contributed by atoms with Crippen LogP contribution in [0.3, 0.4) is 0 Å². The third-order valence-corrected chi connectivity index (χ3v) is 4.29. The van der Waals surface area contributed by atoms with Crippen molar-refractivity contribution in [2.24, 2.45) is 0 Å². The summed E-state index contributed by atoms with van der Waals surface area (Å²) in [6.07, 6.45) is 0. The number of ether oxygens (including phenoxy) is 2. The minimum Gasteiger partial charge on any atom is -0.497 e. The van der Waals surface area contributed by atoms with Gasteiger partial charge in [0.05, 0.1) is 19.2 Å². The van der Waals surface area contributed by atoms with Crippen molar-refractivity contribution in [3.8, 4) is 11.5 Å². The molecular weight excluding hydrogens is 322 g/mol. The molecule has 128 valence electrons. The van der Waals surface area contributed by atoms with Crippen LogP contribution < -0.4 is 14.8 Å². The van der Waals surface area contributed by atoms with Crippen molar-refractivity contribution in [2.45, 2.75) is 24.0 Å². The van der Waals surface area contributed by atoms with Crippen molar-refractivity contribution in [1.82, 2.24) is 5.32 Å². The molecule has 4 nitrogen and oxygen atoms in total. The van der Waals surface area contributed by atoms with Crippen molar-refractivity contribution in [1.29, 1.82) is 0 Å². The second kappa shape index (κ2) is 9.23. The van der Waals surface area contributed by atoms with Gasteiger partial charge in [-0.2, -0.15) is 0 Å². The van der Waals surface area contributed by atoms with Crippen molar-refractivity contribution in [3.63, 3.8) is 0 Å². The Morgan fingerprint density at radius 2 is 1.75 bits per heavy atom. The van der Waals surface area contributed by atoms with Gasteiger partial charge in [0.2, 0.25) is 0 Å². The van der Waals surface area contributed by atoms with Gasteiger partial charge in [-0.05, 0) is 36.4 Å². The van der Waals surface area contributed by atoms with Crippen molar-refractivity contribution >= 4 is 17.7 Å². The molecule has 2 rings (SSSR count). The SMILES string of the molecule is COc1ccc(OCCNC(=O)c2ccccc2SC(C)C)cc1. The lowest BCUT2D eigenvalue weighted by Gasteiger charge is -2.12. The summed E-state index contributed by atoms with van der Waals surface area (Å²) in [5.41, 5.74) is 0.709. The zero-order valence-electron chi connectivity index (χ0n) is 14.2. The summed E-state index contributed by atoms with van der Waals surface area (Å²) >= 11 is 1.69. The zero-order valence-corrected chi connectivity index (χ0v) is 15.1. The van der Waals surface area contributed by atoms with Crippen LogP contribution in [0.1, 0.15) is 24.2 Å². The fraction of sp³-hybridized carbons (Fsp3) is 0.316. The van der Waals surface area contributed by atoms with E-state index in [1.165, 1.54) is 0 Å². The van der Waals surface area contributed by atoms with Crippen LogP contribution in [0.25, 0.3) is 0 Å². The average molecular weight is 345 g/mol. The van der Waals surface area contributed by atoms with Crippen LogP contribution in [-0.2, 0) is 0 Å². The normalized spacial score (nSPS) is 10.5. The third kappa shape index (κ3) is 5.49. The summed E-state index contributed by atoms with van der Waals surface area (Å²) in [6.45, 7) is 5.09. The number of amides is 1. The third-order valence-electron chi connectivity index (χ3n) is 3.21. The van der Waals surface area contributed by atoms with E-state index in [2.05, 4.69) is 19.2 Å². The van der Waals surface area contributed by atoms with E-state index in [0.717, 1.165) is 16.4 Å². The maximum Gasteiger partial charge on any atom is 0.252 e. The molecule has 0 heterocycles. The largest absolute Gasteiger partial charge is 0.497 e. The highest BCUT2D eigenvalue weighted by molar-refractivity contribution is 8.00. The molecule has 5 heteroatoms. The molecule has 0 unspecified atom stereocenters. The van der Waals surface area contributed by atoms with Crippen LogP contribution in [0.2, 0.25) is 0 Å². The van der Waals surface area contributed by atoms with Crippen molar-refractivity contribution < 1.29 is 14.3 Å². The van der Waals surface area contributed by atoms with Gasteiger partial charge in [0.15, 0.2) is 0 Å². The van der Waals surface area contributed by atoms with E-state index in [-0.39, 0.29) is 5.91 Å². The smallest absolute Gasteiger partial charge is 0.252 e. The molecule has 0 aliphatic heterocycles. The monoisotopic (exact) mass is 345 g/mol. The number of thioether (sulfide) groups is 1. The molecule has 0 saturated carbocycles. The Hall–Kier alpha value is -2.14. The Morgan fingerprint density at radius 3 is 2.42 bits per heavy atom. The summed E-state index contributed by atoms with van der Waals surface area (Å²) in [7, 11) is 1.63. The molecule has 0 radical (unpaired) electrons. The standard InChI is InChI=1S/C19H23NO3S/c1-14(2)24-18-7-5-4-6-17(18)19(21)20-12-13-23-16-10-8-15(22-3)9-11-16/h4-11,14H,12-13H2,1-3H3,(H,20,21). The Labute approximate surface area is 147 Å². The predicted molar refractivity (Wildman–Crippen MR) is 98.3 cm³/mol. The van der Waals surface area contributed by atoms with Gasteiger partial charge in [-0.1, -0.05) is 26.0 Å². The fourth-order valence-electron chi connectivity index (χ4n) is 2.11. The molecule has 1 amide bonds. The number of nitrogens with one attached hydrogen (secondary N) is 1. The Kier molecular flexibility index (Phi) is 7.00. The van der Waals surface area contributed by atoms with Crippen molar-refractivity contribution in [3.05, 3.63) is 54.1 Å². The predicted octanol–water partition coefficient (Wildman–Crippen LogP) is 4.00. The van der Waals surface area contributed by atoms with Crippen LogP contribution in [0.5, 0.6) is 11.5 Å². The first-order valence-electron chi connectivity index (χ1n) is 7.91. The highest BCUT2D eigenvalue weighted by Gasteiger charge is 2.11. The number of hydrogen-bond donors (Lipinski definition) is 1. The van der Waals surface area contributed by atoms with E-state index in [4.69, 9.17) is 9.47 Å². The Balaban J connectivity index is 1.82. The van der Waals surface area contributed by atoms with Crippen LogP contribution in [-0.4, -0.2) is 31.4 Å². The molecule has 1 N–H and O–H groups in total. The summed E-state index contributed by atoms with van der Waals surface area (Å²) < 4.78 is 10.7. The number of carbonyl (C=O) groups excluding carboxylic acids is 1. The molecule has 2 aromatic rings. The van der Waals surface area contributed by atoms with Gasteiger partial charge in [-0.25, -0.2) is 0 Å². The highest BCUT2D eigenvalue weighted by Crippen LogP contribution is 2.26. The Morgan fingerprint density at radius 1 is 1.08 bits per heavy atom. The lowest BCUT2D eigenvalue weighted by atomic mass is 10.2. The molecule has 24 heavy (non-hydrogen) atoms. The first kappa shape index (κ1) is 18.2. The summed E-state index contributed by atoms with van der Waals surface area (Å²) in [5, 5.41) is 3.33. The van der Waals surface area contributed by atoms with Crippen molar-refractivity contribution in [2.75, 3.05) is 20.3 Å². The topological polar surface area (TPSA) is 47.6 Å². The maximum absolute atomic E-state index is 12.3. The first-order chi connectivity index (χ1) is 11.6. The lowest BCUT2D eigenvalue weighted by molar-refractivity contribution is 0.0944. The number of carbonyl (C=O) groups is 1. The van der Waals surface area contributed by atoms with Gasteiger partial charge < -0.3 is 14.8 Å². The molecule has 0 atom stereocenters. The number of methoxy groups -OCH3 is 1. The molecule has 0 fully saturated rings. The fourth-order valence-corrected chi connectivity index (χ4v) is 3.06. The summed E-state index contributed by atoms with van der Waals surface area (Å²) in [6, 6.07) is 15.0. The first-order valence-corrected chi connectivity index (χ1v) is 8.79. The Bertz CT molecular complexity index is 656. The van der Waals surface area contributed by atoms with Crippen LogP contribution in [0, 0.1) is 0 Å². The molecule has 0 bridgehead atoms. The van der Waals surface area contributed by atoms with E-state index < -0.39 is 0 Å². The summed E-state index contributed by atoms with van der Waals surface area (Å²) in [4.78, 5) is 13.3. The van der Waals surface area contributed by atoms with Gasteiger partial charge in [-0.3, -0.25) is 4.79 Å². The van der Waals surface area contributed by atoms with E-state index in [1.807, 2.05) is 48.5 Å². The molecule has 0 aliphatic carbocycles. The van der Waals surface area contributed by atoms with E-state index in [1.54, 1.807) is 18.9 Å². The molecule has 0 aromatic heterocycles. The van der Waals surface area contributed by atoms with E-state index in [0.29, 0.717) is 24.0 Å². The van der Waals surface area contributed by atoms with Gasteiger partial charge >= 0.3 is 0 Å². The molecule has 0 aliphatic rings. The minimum absolute atomic E-state index is 0.0721. The number of benzene rings is 2. The van der Waals surface area contributed by atoms with Gasteiger partial charge in [0.25, 0.3) is 5.91 Å². The maximum atomic E-state index is 12.3. The van der Waals surface area contributed by atoms with Crippen LogP contribution in [0.15, 0.2) is 53.4 Å². The average Bonchev–Trinajstić information content (AvgIpc) is 2.59. The van der Waals surface area contributed by atoms with Gasteiger partial charge in [0.1, 0.15) is 18.1 Å². The molecule has 0 saturated heterocycles. The number of hydrogen-bond acceptors (Lipinski definition) is 4. The molecule has 0 spiro atoms. The van der Waals surface area contributed by atoms with E-state index >= 15 is 0 Å². The number of rotatable bonds is 8. The summed E-state index contributed by atoms with van der Waals surface area (Å²) in [5.74, 6) is 1.47. The van der Waals surface area contributed by atoms with Gasteiger partial charge in [-0.15, -0.1) is 11.8 Å². The van der Waals surface area contributed by atoms with Crippen LogP contribution in [0.4, 0.5) is 0 Å². The minimum atomic E-state index is -0.0721. The van der Waals surface area contributed by atoms with Gasteiger partial charge in [0, 0.05) is 10.1 Å². The zero-order chi connectivity index (χ0) is 17.4. The lowest BCUT2D eigenvalue weighted by Crippen LogP contribution is -2.28. The highest BCUT2D eigenvalue weighted by atomic mass is 32.2. The molecule has 2 aromatic carbocycles. The second-order valence-electron chi connectivity index (χ2n) is 5.44. The van der Waals surface area contributed by atoms with Crippen LogP contribution >= 0.6 is 11.8 Å².